The van der Waals surface area contributed by atoms with Gasteiger partial charge in [0.05, 0.1) is 30.8 Å². The van der Waals surface area contributed by atoms with E-state index >= 15 is 0 Å². The Kier molecular flexibility index (Phi) is 2.77. The van der Waals surface area contributed by atoms with Crippen molar-refractivity contribution in [1.29, 1.82) is 0 Å². The van der Waals surface area contributed by atoms with Crippen LogP contribution in [0, 0.1) is 6.92 Å². The average molecular weight is 264 g/mol. The zero-order valence-electron chi connectivity index (χ0n) is 10.1. The maximum atomic E-state index is 9.54. The lowest BCUT2D eigenvalue weighted by Crippen LogP contribution is -2.49. The molecule has 1 aliphatic heterocycles. The number of nitrogens with zero attached hydrogens (tertiary/aromatic N) is 1. The first-order valence-corrected chi connectivity index (χ1v) is 6.28. The fourth-order valence-corrected chi connectivity index (χ4v) is 2.43. The van der Waals surface area contributed by atoms with Gasteiger partial charge < -0.3 is 9.84 Å². The van der Waals surface area contributed by atoms with E-state index in [0.717, 1.165) is 22.0 Å². The maximum Gasteiger partial charge on any atom is 0.132 e. The van der Waals surface area contributed by atoms with Gasteiger partial charge in [0.2, 0.25) is 0 Å². The summed E-state index contributed by atoms with van der Waals surface area (Å²) in [6.45, 7) is 3.21. The van der Waals surface area contributed by atoms with E-state index in [4.69, 9.17) is 16.3 Å². The second kappa shape index (κ2) is 4.19. The van der Waals surface area contributed by atoms with Gasteiger partial charge in [0.25, 0.3) is 0 Å². The molecule has 0 amide bonds. The van der Waals surface area contributed by atoms with Crippen molar-refractivity contribution in [3.05, 3.63) is 40.5 Å². The van der Waals surface area contributed by atoms with Gasteiger partial charge in [-0.2, -0.15) is 0 Å². The fraction of sp³-hybridized carbons (Fsp3) is 0.357. The normalized spacial score (nSPS) is 17.7. The number of aliphatic hydroxyl groups excluding tert-OH is 1. The summed E-state index contributed by atoms with van der Waals surface area (Å²) in [5.41, 5.74) is 2.71. The van der Waals surface area contributed by atoms with E-state index in [1.54, 1.807) is 0 Å². The van der Waals surface area contributed by atoms with Crippen molar-refractivity contribution in [1.82, 2.24) is 4.98 Å². The largest absolute Gasteiger partial charge is 0.395 e. The monoisotopic (exact) mass is 263 g/mol. The Morgan fingerprint density at radius 1 is 1.39 bits per heavy atom. The van der Waals surface area contributed by atoms with E-state index in [0.29, 0.717) is 18.4 Å². The summed E-state index contributed by atoms with van der Waals surface area (Å²) < 4.78 is 5.24. The Hall–Kier alpha value is -1.16. The van der Waals surface area contributed by atoms with Crippen LogP contribution >= 0.6 is 11.6 Å². The van der Waals surface area contributed by atoms with E-state index in [-0.39, 0.29) is 12.0 Å². The highest BCUT2D eigenvalue weighted by Gasteiger charge is 2.39. The van der Waals surface area contributed by atoms with Crippen LogP contribution in [0.25, 0.3) is 10.9 Å². The van der Waals surface area contributed by atoms with Gasteiger partial charge in [0, 0.05) is 5.39 Å². The summed E-state index contributed by atoms with van der Waals surface area (Å²) in [7, 11) is 0. The van der Waals surface area contributed by atoms with Gasteiger partial charge in [-0.3, -0.25) is 0 Å². The number of pyridine rings is 1. The van der Waals surface area contributed by atoms with Gasteiger partial charge in [-0.25, -0.2) is 4.98 Å². The number of halogens is 1. The van der Waals surface area contributed by atoms with Gasteiger partial charge in [0.1, 0.15) is 5.15 Å². The molecule has 1 aliphatic rings. The van der Waals surface area contributed by atoms with Crippen molar-refractivity contribution in [3.63, 3.8) is 0 Å². The summed E-state index contributed by atoms with van der Waals surface area (Å²) >= 11 is 6.01. The quantitative estimate of drug-likeness (QED) is 0.847. The van der Waals surface area contributed by atoms with Gasteiger partial charge in [0.15, 0.2) is 0 Å². The highest BCUT2D eigenvalue weighted by atomic mass is 35.5. The van der Waals surface area contributed by atoms with Crippen LogP contribution in [0.1, 0.15) is 11.1 Å². The van der Waals surface area contributed by atoms with Crippen LogP contribution in [0.4, 0.5) is 0 Å². The molecular weight excluding hydrogens is 250 g/mol. The fourth-order valence-electron chi connectivity index (χ4n) is 2.29. The molecule has 0 aliphatic carbocycles. The molecule has 3 rings (SSSR count). The molecule has 1 saturated heterocycles. The first kappa shape index (κ1) is 11.9. The standard InChI is InChI=1S/C14H14ClNO2/c1-9-4-10-5-11(14(6-17)7-18-8-14)2-3-12(10)16-13(9)15/h2-5,17H,6-8H2,1H3. The summed E-state index contributed by atoms with van der Waals surface area (Å²) in [6.07, 6.45) is 0. The Morgan fingerprint density at radius 3 is 2.78 bits per heavy atom. The van der Waals surface area contributed by atoms with Crippen molar-refractivity contribution < 1.29 is 9.84 Å². The van der Waals surface area contributed by atoms with Crippen molar-refractivity contribution in [2.75, 3.05) is 19.8 Å². The molecule has 2 heterocycles. The first-order chi connectivity index (χ1) is 8.64. The van der Waals surface area contributed by atoms with E-state index in [1.807, 2.05) is 25.1 Å². The molecule has 0 spiro atoms. The van der Waals surface area contributed by atoms with E-state index < -0.39 is 0 Å². The summed E-state index contributed by atoms with van der Waals surface area (Å²) in [4.78, 5) is 4.34. The van der Waals surface area contributed by atoms with Crippen LogP contribution < -0.4 is 0 Å². The molecule has 0 unspecified atom stereocenters. The Labute approximate surface area is 110 Å². The molecule has 0 atom stereocenters. The number of aliphatic hydroxyl groups is 1. The number of hydrogen-bond donors (Lipinski definition) is 1. The predicted octanol–water partition coefficient (Wildman–Crippen LogP) is 2.46. The molecule has 4 heteroatoms. The highest BCUT2D eigenvalue weighted by molar-refractivity contribution is 6.30. The van der Waals surface area contributed by atoms with E-state index in [9.17, 15) is 5.11 Å². The zero-order chi connectivity index (χ0) is 12.8. The number of ether oxygens (including phenoxy) is 1. The van der Waals surface area contributed by atoms with Gasteiger partial charge in [-0.15, -0.1) is 0 Å². The van der Waals surface area contributed by atoms with Crippen LogP contribution in [-0.4, -0.2) is 29.9 Å². The predicted molar refractivity (Wildman–Crippen MR) is 71.1 cm³/mol. The van der Waals surface area contributed by atoms with Crippen molar-refractivity contribution in [2.24, 2.45) is 0 Å². The third-order valence-electron chi connectivity index (χ3n) is 3.62. The molecular formula is C14H14ClNO2. The second-order valence-corrected chi connectivity index (χ2v) is 5.29. The van der Waals surface area contributed by atoms with Crippen LogP contribution in [0.5, 0.6) is 0 Å². The van der Waals surface area contributed by atoms with Crippen LogP contribution in [0.15, 0.2) is 24.3 Å². The summed E-state index contributed by atoms with van der Waals surface area (Å²) in [5.74, 6) is 0. The number of hydrogen-bond acceptors (Lipinski definition) is 3. The molecule has 1 aromatic carbocycles. The molecule has 3 nitrogen and oxygen atoms in total. The van der Waals surface area contributed by atoms with Crippen LogP contribution in [-0.2, 0) is 10.2 Å². The first-order valence-electron chi connectivity index (χ1n) is 5.91. The number of rotatable bonds is 2. The zero-order valence-corrected chi connectivity index (χ0v) is 10.9. The Bertz CT molecular complexity index is 603. The minimum absolute atomic E-state index is 0.110. The molecule has 0 radical (unpaired) electrons. The molecule has 0 bridgehead atoms. The molecule has 1 aromatic heterocycles. The highest BCUT2D eigenvalue weighted by Crippen LogP contribution is 2.33. The lowest BCUT2D eigenvalue weighted by molar-refractivity contribution is -0.0841. The third-order valence-corrected chi connectivity index (χ3v) is 4.00. The third kappa shape index (κ3) is 1.70. The van der Waals surface area contributed by atoms with Crippen molar-refractivity contribution in [3.8, 4) is 0 Å². The molecule has 1 N–H and O–H groups in total. The Morgan fingerprint density at radius 2 is 2.17 bits per heavy atom. The minimum Gasteiger partial charge on any atom is -0.395 e. The average Bonchev–Trinajstić information content (AvgIpc) is 2.30. The maximum absolute atomic E-state index is 9.54. The number of aryl methyl sites for hydroxylation is 1. The van der Waals surface area contributed by atoms with Crippen molar-refractivity contribution in [2.45, 2.75) is 12.3 Å². The molecule has 1 fully saturated rings. The number of fused-ring (bicyclic) bond motifs is 1. The van der Waals surface area contributed by atoms with Crippen molar-refractivity contribution >= 4 is 22.5 Å². The SMILES string of the molecule is Cc1cc2cc(C3(CO)COC3)ccc2nc1Cl. The molecule has 0 saturated carbocycles. The van der Waals surface area contributed by atoms with Gasteiger partial charge in [-0.05, 0) is 36.2 Å². The second-order valence-electron chi connectivity index (χ2n) is 4.93. The van der Waals surface area contributed by atoms with Crippen LogP contribution in [0.3, 0.4) is 0 Å². The van der Waals surface area contributed by atoms with Crippen LogP contribution in [0.2, 0.25) is 5.15 Å². The minimum atomic E-state index is -0.234. The topological polar surface area (TPSA) is 42.4 Å². The lowest BCUT2D eigenvalue weighted by Gasteiger charge is -2.40. The smallest absolute Gasteiger partial charge is 0.132 e. The van der Waals surface area contributed by atoms with E-state index in [2.05, 4.69) is 11.1 Å². The lowest BCUT2D eigenvalue weighted by atomic mass is 9.79. The van der Waals surface area contributed by atoms with Gasteiger partial charge in [-0.1, -0.05) is 17.7 Å². The number of aromatic nitrogens is 1. The molecule has 94 valence electrons. The van der Waals surface area contributed by atoms with E-state index in [1.165, 1.54) is 0 Å². The molecule has 18 heavy (non-hydrogen) atoms. The number of benzene rings is 1. The molecule has 2 aromatic rings. The summed E-state index contributed by atoms with van der Waals surface area (Å²) in [5, 5.41) is 11.1. The summed E-state index contributed by atoms with van der Waals surface area (Å²) in [6, 6.07) is 8.05. The Balaban J connectivity index is 2.13. The van der Waals surface area contributed by atoms with Gasteiger partial charge >= 0.3 is 0 Å².